The highest BCUT2D eigenvalue weighted by atomic mass is 19.1. The molecule has 0 heterocycles. The third-order valence-corrected chi connectivity index (χ3v) is 3.33. The molecule has 4 heteroatoms. The molecular formula is C14H19FN2O. The van der Waals surface area contributed by atoms with Gasteiger partial charge in [0.15, 0.2) is 0 Å². The minimum atomic E-state index is -0.226. The molecule has 1 saturated carbocycles. The van der Waals surface area contributed by atoms with Crippen LogP contribution in [0.15, 0.2) is 18.2 Å². The topological polar surface area (TPSA) is 41.1 Å². The number of amides is 1. The molecule has 0 spiro atoms. The van der Waals surface area contributed by atoms with Gasteiger partial charge < -0.3 is 10.6 Å². The maximum absolute atomic E-state index is 13.1. The van der Waals surface area contributed by atoms with E-state index in [2.05, 4.69) is 10.6 Å². The molecule has 18 heavy (non-hydrogen) atoms. The Morgan fingerprint density at radius 2 is 2.11 bits per heavy atom. The van der Waals surface area contributed by atoms with Gasteiger partial charge in [0.1, 0.15) is 5.82 Å². The molecule has 1 amide bonds. The standard InChI is InChI=1S/C14H19FN2O/c1-10-8-12(6-7-13(10)15)16-9-14(18)17-11-4-2-3-5-11/h6-8,11,16H,2-5,9H2,1H3,(H,17,18). The van der Waals surface area contributed by atoms with Crippen LogP contribution in [0.4, 0.5) is 10.1 Å². The molecule has 2 rings (SSSR count). The van der Waals surface area contributed by atoms with Crippen molar-refractivity contribution in [1.82, 2.24) is 5.32 Å². The van der Waals surface area contributed by atoms with E-state index in [0.29, 0.717) is 11.6 Å². The average Bonchev–Trinajstić information content (AvgIpc) is 2.83. The van der Waals surface area contributed by atoms with Gasteiger partial charge in [0, 0.05) is 11.7 Å². The molecule has 0 bridgehead atoms. The lowest BCUT2D eigenvalue weighted by molar-refractivity contribution is -0.120. The van der Waals surface area contributed by atoms with Crippen LogP contribution in [0, 0.1) is 12.7 Å². The van der Waals surface area contributed by atoms with E-state index in [-0.39, 0.29) is 18.3 Å². The van der Waals surface area contributed by atoms with E-state index >= 15 is 0 Å². The predicted molar refractivity (Wildman–Crippen MR) is 70.0 cm³/mol. The second-order valence-corrected chi connectivity index (χ2v) is 4.87. The number of nitrogens with one attached hydrogen (secondary N) is 2. The fourth-order valence-electron chi connectivity index (χ4n) is 2.29. The number of hydrogen-bond acceptors (Lipinski definition) is 2. The summed E-state index contributed by atoms with van der Waals surface area (Å²) in [7, 11) is 0. The summed E-state index contributed by atoms with van der Waals surface area (Å²) in [5.74, 6) is -0.222. The van der Waals surface area contributed by atoms with Gasteiger partial charge in [0.25, 0.3) is 0 Å². The summed E-state index contributed by atoms with van der Waals surface area (Å²) in [6.45, 7) is 1.95. The summed E-state index contributed by atoms with van der Waals surface area (Å²) >= 11 is 0. The van der Waals surface area contributed by atoms with Gasteiger partial charge in [-0.2, -0.15) is 0 Å². The van der Waals surface area contributed by atoms with Crippen molar-refractivity contribution in [3.05, 3.63) is 29.6 Å². The van der Waals surface area contributed by atoms with E-state index in [1.807, 2.05) is 0 Å². The molecule has 3 nitrogen and oxygen atoms in total. The molecule has 0 saturated heterocycles. The Kier molecular flexibility index (Phi) is 4.18. The number of benzene rings is 1. The monoisotopic (exact) mass is 250 g/mol. The zero-order chi connectivity index (χ0) is 13.0. The number of anilines is 1. The largest absolute Gasteiger partial charge is 0.376 e. The summed E-state index contributed by atoms with van der Waals surface area (Å²) in [5.41, 5.74) is 1.35. The van der Waals surface area contributed by atoms with E-state index in [1.165, 1.54) is 18.9 Å². The minimum Gasteiger partial charge on any atom is -0.376 e. The summed E-state index contributed by atoms with van der Waals surface area (Å²) in [6, 6.07) is 5.10. The zero-order valence-electron chi connectivity index (χ0n) is 10.6. The molecule has 0 aromatic heterocycles. The van der Waals surface area contributed by atoms with Crippen LogP contribution >= 0.6 is 0 Å². The minimum absolute atomic E-state index is 0.00359. The van der Waals surface area contributed by atoms with Crippen molar-refractivity contribution in [3.63, 3.8) is 0 Å². The van der Waals surface area contributed by atoms with Crippen molar-refractivity contribution >= 4 is 11.6 Å². The number of hydrogen-bond donors (Lipinski definition) is 2. The lowest BCUT2D eigenvalue weighted by Crippen LogP contribution is -2.36. The fourth-order valence-corrected chi connectivity index (χ4v) is 2.29. The Labute approximate surface area is 107 Å². The number of aryl methyl sites for hydroxylation is 1. The molecule has 1 aromatic rings. The van der Waals surface area contributed by atoms with Crippen LogP contribution in [0.25, 0.3) is 0 Å². The molecular weight excluding hydrogens is 231 g/mol. The van der Waals surface area contributed by atoms with Crippen LogP contribution in [0.2, 0.25) is 0 Å². The lowest BCUT2D eigenvalue weighted by Gasteiger charge is -2.13. The smallest absolute Gasteiger partial charge is 0.239 e. The van der Waals surface area contributed by atoms with Gasteiger partial charge in [0.05, 0.1) is 6.54 Å². The van der Waals surface area contributed by atoms with E-state index in [1.54, 1.807) is 19.1 Å². The summed E-state index contributed by atoms with van der Waals surface area (Å²) < 4.78 is 13.1. The first-order valence-electron chi connectivity index (χ1n) is 6.44. The van der Waals surface area contributed by atoms with Crippen molar-refractivity contribution in [2.75, 3.05) is 11.9 Å². The van der Waals surface area contributed by atoms with Crippen molar-refractivity contribution in [2.24, 2.45) is 0 Å². The Morgan fingerprint density at radius 1 is 1.39 bits per heavy atom. The maximum atomic E-state index is 13.1. The normalized spacial score (nSPS) is 15.7. The predicted octanol–water partition coefficient (Wildman–Crippen LogP) is 2.60. The first kappa shape index (κ1) is 12.9. The van der Waals surface area contributed by atoms with Gasteiger partial charge in [-0.3, -0.25) is 4.79 Å². The maximum Gasteiger partial charge on any atom is 0.239 e. The Morgan fingerprint density at radius 3 is 2.78 bits per heavy atom. The van der Waals surface area contributed by atoms with Crippen LogP contribution in [0.1, 0.15) is 31.2 Å². The highest BCUT2D eigenvalue weighted by Crippen LogP contribution is 2.17. The van der Waals surface area contributed by atoms with Crippen molar-refractivity contribution in [1.29, 1.82) is 0 Å². The van der Waals surface area contributed by atoms with E-state index < -0.39 is 0 Å². The van der Waals surface area contributed by atoms with Crippen molar-refractivity contribution in [3.8, 4) is 0 Å². The first-order valence-corrected chi connectivity index (χ1v) is 6.44. The molecule has 0 aliphatic heterocycles. The number of rotatable bonds is 4. The molecule has 0 unspecified atom stereocenters. The molecule has 2 N–H and O–H groups in total. The molecule has 1 aliphatic carbocycles. The highest BCUT2D eigenvalue weighted by molar-refractivity contribution is 5.81. The molecule has 0 radical (unpaired) electrons. The average molecular weight is 250 g/mol. The van der Waals surface area contributed by atoms with Gasteiger partial charge in [-0.1, -0.05) is 12.8 Å². The summed E-state index contributed by atoms with van der Waals surface area (Å²) in [5, 5.41) is 6.01. The number of halogens is 1. The van der Waals surface area contributed by atoms with Crippen LogP contribution in [-0.4, -0.2) is 18.5 Å². The van der Waals surface area contributed by atoms with Crippen molar-refractivity contribution in [2.45, 2.75) is 38.6 Å². The molecule has 1 aliphatic rings. The third kappa shape index (κ3) is 3.45. The fraction of sp³-hybridized carbons (Fsp3) is 0.500. The Balaban J connectivity index is 1.79. The van der Waals surface area contributed by atoms with E-state index in [0.717, 1.165) is 18.5 Å². The van der Waals surface area contributed by atoms with Crippen LogP contribution < -0.4 is 10.6 Å². The second-order valence-electron chi connectivity index (χ2n) is 4.87. The Bertz CT molecular complexity index is 428. The number of carbonyl (C=O) groups is 1. The highest BCUT2D eigenvalue weighted by Gasteiger charge is 2.16. The molecule has 98 valence electrons. The van der Waals surface area contributed by atoms with E-state index in [4.69, 9.17) is 0 Å². The molecule has 1 aromatic carbocycles. The number of carbonyl (C=O) groups excluding carboxylic acids is 1. The summed E-state index contributed by atoms with van der Waals surface area (Å²) in [6.07, 6.45) is 4.58. The summed E-state index contributed by atoms with van der Waals surface area (Å²) in [4.78, 5) is 11.7. The van der Waals surface area contributed by atoms with Crippen LogP contribution in [0.5, 0.6) is 0 Å². The van der Waals surface area contributed by atoms with Crippen LogP contribution in [0.3, 0.4) is 0 Å². The van der Waals surface area contributed by atoms with Crippen LogP contribution in [-0.2, 0) is 4.79 Å². The lowest BCUT2D eigenvalue weighted by atomic mass is 10.2. The first-order chi connectivity index (χ1) is 8.65. The zero-order valence-corrected chi connectivity index (χ0v) is 10.6. The Hall–Kier alpha value is -1.58. The van der Waals surface area contributed by atoms with Gasteiger partial charge >= 0.3 is 0 Å². The van der Waals surface area contributed by atoms with E-state index in [9.17, 15) is 9.18 Å². The quantitative estimate of drug-likeness (QED) is 0.862. The van der Waals surface area contributed by atoms with Gasteiger partial charge in [-0.05, 0) is 43.5 Å². The van der Waals surface area contributed by atoms with Crippen molar-refractivity contribution < 1.29 is 9.18 Å². The molecule has 1 fully saturated rings. The molecule has 0 atom stereocenters. The third-order valence-electron chi connectivity index (χ3n) is 3.33. The second kappa shape index (κ2) is 5.85. The van der Waals surface area contributed by atoms with Gasteiger partial charge in [-0.25, -0.2) is 4.39 Å². The van der Waals surface area contributed by atoms with Gasteiger partial charge in [-0.15, -0.1) is 0 Å². The SMILES string of the molecule is Cc1cc(NCC(=O)NC2CCCC2)ccc1F. The van der Waals surface area contributed by atoms with Gasteiger partial charge in [0.2, 0.25) is 5.91 Å².